The van der Waals surface area contributed by atoms with Gasteiger partial charge in [-0.2, -0.15) is 0 Å². The van der Waals surface area contributed by atoms with Crippen LogP contribution in [0.2, 0.25) is 0 Å². The molecule has 0 N–H and O–H groups in total. The first kappa shape index (κ1) is 15.5. The van der Waals surface area contributed by atoms with Gasteiger partial charge >= 0.3 is 0 Å². The van der Waals surface area contributed by atoms with Crippen LogP contribution >= 0.6 is 7.29 Å². The summed E-state index contributed by atoms with van der Waals surface area (Å²) in [6.45, 7) is 5.45. The molecule has 0 bridgehead atoms. The van der Waals surface area contributed by atoms with Crippen molar-refractivity contribution in [2.24, 2.45) is 5.92 Å². The standard InChI is InChI=1S/C19H24NOP/c1-16(2)13-14-17-15-20(17)22(21,18-9-5-3-6-10-18)19-11-7-4-8-12-19/h3-12,16-17H,13-15H2,1-2H3/t17-,20?/m1/s1. The maximum absolute atomic E-state index is 14.0. The second-order valence-electron chi connectivity index (χ2n) is 6.49. The monoisotopic (exact) mass is 313 g/mol. The lowest BCUT2D eigenvalue weighted by Gasteiger charge is -2.21. The topological polar surface area (TPSA) is 20.1 Å². The molecule has 22 heavy (non-hydrogen) atoms. The first-order valence-corrected chi connectivity index (χ1v) is 9.76. The number of hydrogen-bond acceptors (Lipinski definition) is 1. The van der Waals surface area contributed by atoms with Crippen LogP contribution in [-0.2, 0) is 4.57 Å². The van der Waals surface area contributed by atoms with Gasteiger partial charge in [0.05, 0.1) is 0 Å². The fraction of sp³-hybridized carbons (Fsp3) is 0.368. The molecule has 1 aliphatic heterocycles. The van der Waals surface area contributed by atoms with Gasteiger partial charge in [-0.3, -0.25) is 4.57 Å². The van der Waals surface area contributed by atoms with E-state index in [1.54, 1.807) is 0 Å². The van der Waals surface area contributed by atoms with E-state index < -0.39 is 7.29 Å². The second-order valence-corrected chi connectivity index (χ2v) is 9.19. The molecule has 1 fully saturated rings. The van der Waals surface area contributed by atoms with Gasteiger partial charge in [-0.05, 0) is 43.0 Å². The lowest BCUT2D eigenvalue weighted by Crippen LogP contribution is -2.22. The molecule has 0 aliphatic carbocycles. The Morgan fingerprint density at radius 2 is 1.50 bits per heavy atom. The molecular weight excluding hydrogens is 289 g/mol. The molecule has 2 atom stereocenters. The van der Waals surface area contributed by atoms with E-state index in [0.717, 1.165) is 23.6 Å². The van der Waals surface area contributed by atoms with Crippen LogP contribution in [0.25, 0.3) is 0 Å². The van der Waals surface area contributed by atoms with Crippen molar-refractivity contribution < 1.29 is 4.57 Å². The van der Waals surface area contributed by atoms with Crippen molar-refractivity contribution in [1.29, 1.82) is 0 Å². The zero-order valence-corrected chi connectivity index (χ0v) is 14.2. The molecule has 0 amide bonds. The number of nitrogens with zero attached hydrogens (tertiary/aromatic N) is 1. The van der Waals surface area contributed by atoms with Gasteiger partial charge in [-0.25, -0.2) is 4.67 Å². The summed E-state index contributed by atoms with van der Waals surface area (Å²) in [6, 6.07) is 20.4. The number of hydrogen-bond donors (Lipinski definition) is 0. The number of rotatable bonds is 6. The maximum Gasteiger partial charge on any atom is 0.207 e. The van der Waals surface area contributed by atoms with Crippen molar-refractivity contribution >= 4 is 17.9 Å². The molecule has 2 aromatic carbocycles. The predicted molar refractivity (Wildman–Crippen MR) is 94.3 cm³/mol. The predicted octanol–water partition coefficient (Wildman–Crippen LogP) is 4.04. The van der Waals surface area contributed by atoms with E-state index in [2.05, 4.69) is 18.5 Å². The Kier molecular flexibility index (Phi) is 4.52. The molecule has 1 aliphatic rings. The Hall–Kier alpha value is -1.37. The molecule has 0 saturated carbocycles. The van der Waals surface area contributed by atoms with Gasteiger partial charge in [0, 0.05) is 23.2 Å². The van der Waals surface area contributed by atoms with Gasteiger partial charge in [0.15, 0.2) is 0 Å². The summed E-state index contributed by atoms with van der Waals surface area (Å²) < 4.78 is 16.2. The van der Waals surface area contributed by atoms with Gasteiger partial charge in [0.1, 0.15) is 0 Å². The molecule has 2 nitrogen and oxygen atoms in total. The summed E-state index contributed by atoms with van der Waals surface area (Å²) >= 11 is 0. The van der Waals surface area contributed by atoms with Gasteiger partial charge in [0.25, 0.3) is 0 Å². The van der Waals surface area contributed by atoms with Crippen LogP contribution < -0.4 is 10.6 Å². The molecule has 0 radical (unpaired) electrons. The zero-order chi connectivity index (χ0) is 15.6. The van der Waals surface area contributed by atoms with Crippen molar-refractivity contribution in [2.75, 3.05) is 6.54 Å². The SMILES string of the molecule is CC(C)CC[C@@H]1CN1P(=O)(c1ccccc1)c1ccccc1. The van der Waals surface area contributed by atoms with E-state index in [0.29, 0.717) is 12.0 Å². The van der Waals surface area contributed by atoms with Crippen LogP contribution in [0.15, 0.2) is 60.7 Å². The third-order valence-electron chi connectivity index (χ3n) is 4.34. The third kappa shape index (κ3) is 3.04. The van der Waals surface area contributed by atoms with E-state index in [1.165, 1.54) is 6.42 Å². The zero-order valence-electron chi connectivity index (χ0n) is 13.4. The fourth-order valence-electron chi connectivity index (χ4n) is 2.99. The minimum Gasteiger partial charge on any atom is -0.296 e. The van der Waals surface area contributed by atoms with Gasteiger partial charge in [0.2, 0.25) is 7.29 Å². The fourth-order valence-corrected chi connectivity index (χ4v) is 6.02. The highest BCUT2D eigenvalue weighted by Gasteiger charge is 2.48. The normalized spacial score (nSPS) is 21.0. The van der Waals surface area contributed by atoms with E-state index in [-0.39, 0.29) is 0 Å². The van der Waals surface area contributed by atoms with E-state index in [4.69, 9.17) is 0 Å². The molecule has 1 unspecified atom stereocenters. The van der Waals surface area contributed by atoms with Gasteiger partial charge < -0.3 is 0 Å². The molecule has 2 aromatic rings. The average Bonchev–Trinajstić information content (AvgIpc) is 3.34. The molecule has 1 saturated heterocycles. The van der Waals surface area contributed by atoms with E-state index in [9.17, 15) is 4.57 Å². The van der Waals surface area contributed by atoms with Gasteiger partial charge in [-0.1, -0.05) is 50.2 Å². The largest absolute Gasteiger partial charge is 0.296 e. The summed E-state index contributed by atoms with van der Waals surface area (Å²) in [5, 5.41) is 1.90. The van der Waals surface area contributed by atoms with Crippen molar-refractivity contribution in [2.45, 2.75) is 32.7 Å². The minimum atomic E-state index is -2.67. The van der Waals surface area contributed by atoms with Crippen LogP contribution in [0, 0.1) is 5.92 Å². The molecule has 0 aromatic heterocycles. The van der Waals surface area contributed by atoms with Crippen molar-refractivity contribution in [3.05, 3.63) is 60.7 Å². The molecule has 1 heterocycles. The van der Waals surface area contributed by atoms with Crippen LogP contribution in [0.5, 0.6) is 0 Å². The van der Waals surface area contributed by atoms with E-state index >= 15 is 0 Å². The summed E-state index contributed by atoms with van der Waals surface area (Å²) in [6.07, 6.45) is 2.34. The molecule has 0 spiro atoms. The number of benzene rings is 2. The quantitative estimate of drug-likeness (QED) is 0.592. The summed E-state index contributed by atoms with van der Waals surface area (Å²) in [5.74, 6) is 0.704. The Morgan fingerprint density at radius 1 is 1.00 bits per heavy atom. The van der Waals surface area contributed by atoms with Crippen LogP contribution in [0.1, 0.15) is 26.7 Å². The maximum atomic E-state index is 14.0. The lowest BCUT2D eigenvalue weighted by atomic mass is 10.1. The van der Waals surface area contributed by atoms with Crippen molar-refractivity contribution in [3.8, 4) is 0 Å². The Labute approximate surface area is 133 Å². The van der Waals surface area contributed by atoms with Gasteiger partial charge in [-0.15, -0.1) is 0 Å². The Balaban J connectivity index is 1.91. The summed E-state index contributed by atoms with van der Waals surface area (Å²) in [5.41, 5.74) is 0. The van der Waals surface area contributed by atoms with Crippen LogP contribution in [0.3, 0.4) is 0 Å². The average molecular weight is 313 g/mol. The Morgan fingerprint density at radius 3 is 1.95 bits per heavy atom. The molecular formula is C19H24NOP. The first-order valence-electron chi connectivity index (χ1n) is 8.11. The minimum absolute atomic E-state index is 0.466. The second kappa shape index (κ2) is 6.40. The summed E-state index contributed by atoms with van der Waals surface area (Å²) in [4.78, 5) is 0. The molecule has 3 rings (SSSR count). The highest BCUT2D eigenvalue weighted by atomic mass is 31.2. The first-order chi connectivity index (χ1) is 10.6. The van der Waals surface area contributed by atoms with Crippen LogP contribution in [-0.4, -0.2) is 17.3 Å². The molecule has 3 heteroatoms. The molecule has 116 valence electrons. The summed E-state index contributed by atoms with van der Waals surface area (Å²) in [7, 11) is -2.67. The highest BCUT2D eigenvalue weighted by Crippen LogP contribution is 2.55. The third-order valence-corrected chi connectivity index (χ3v) is 7.55. The van der Waals surface area contributed by atoms with Crippen LogP contribution in [0.4, 0.5) is 0 Å². The smallest absolute Gasteiger partial charge is 0.207 e. The van der Waals surface area contributed by atoms with Crippen molar-refractivity contribution in [3.63, 3.8) is 0 Å². The van der Waals surface area contributed by atoms with Crippen molar-refractivity contribution in [1.82, 2.24) is 4.67 Å². The highest BCUT2D eigenvalue weighted by molar-refractivity contribution is 7.76. The van der Waals surface area contributed by atoms with E-state index in [1.807, 2.05) is 60.7 Å². The lowest BCUT2D eigenvalue weighted by molar-refractivity contribution is 0.518. The Bertz CT molecular complexity index is 610.